The van der Waals surface area contributed by atoms with Crippen molar-refractivity contribution in [2.24, 2.45) is 4.99 Å². The lowest BCUT2D eigenvalue weighted by atomic mass is 10.0. The summed E-state index contributed by atoms with van der Waals surface area (Å²) in [6, 6.07) is 6.75. The van der Waals surface area contributed by atoms with Crippen LogP contribution >= 0.6 is 0 Å². The Hall–Kier alpha value is -1.95. The molecule has 1 aromatic carbocycles. The predicted octanol–water partition coefficient (Wildman–Crippen LogP) is 3.02. The average molecular weight is 377 g/mol. The third kappa shape index (κ3) is 6.61. The lowest BCUT2D eigenvalue weighted by Crippen LogP contribution is -2.45. The summed E-state index contributed by atoms with van der Waals surface area (Å²) in [5, 5.41) is 6.81. The number of benzene rings is 1. The summed E-state index contributed by atoms with van der Waals surface area (Å²) in [6.07, 6.45) is 5.27. The largest absolute Gasteiger partial charge is 0.493 e. The Bertz CT molecular complexity index is 592. The third-order valence-electron chi connectivity index (χ3n) is 5.12. The Balaban J connectivity index is 1.80. The van der Waals surface area contributed by atoms with E-state index in [1.807, 2.05) is 32.2 Å². The first kappa shape index (κ1) is 21.4. The molecule has 1 aliphatic rings. The Morgan fingerprint density at radius 1 is 1.22 bits per heavy atom. The van der Waals surface area contributed by atoms with Crippen LogP contribution in [0.2, 0.25) is 0 Å². The van der Waals surface area contributed by atoms with Crippen LogP contribution in [0.1, 0.15) is 45.1 Å². The average Bonchev–Trinajstić information content (AvgIpc) is 2.71. The van der Waals surface area contributed by atoms with E-state index < -0.39 is 0 Å². The SMILES string of the molecule is CCOc1ccc(CNC(=NC)NCCN2CCCCC2CC)cc1OC. The van der Waals surface area contributed by atoms with Crippen molar-refractivity contribution in [2.75, 3.05) is 40.4 Å². The molecule has 0 bridgehead atoms. The Kier molecular flexibility index (Phi) is 9.25. The van der Waals surface area contributed by atoms with E-state index >= 15 is 0 Å². The van der Waals surface area contributed by atoms with Gasteiger partial charge < -0.3 is 20.1 Å². The van der Waals surface area contributed by atoms with Crippen molar-refractivity contribution in [3.8, 4) is 11.5 Å². The minimum Gasteiger partial charge on any atom is -0.493 e. The highest BCUT2D eigenvalue weighted by Gasteiger charge is 2.19. The van der Waals surface area contributed by atoms with E-state index in [1.165, 1.54) is 32.2 Å². The molecule has 0 saturated carbocycles. The number of aliphatic imine (C=N–C) groups is 1. The maximum absolute atomic E-state index is 5.57. The number of ether oxygens (including phenoxy) is 2. The van der Waals surface area contributed by atoms with Crippen molar-refractivity contribution in [1.82, 2.24) is 15.5 Å². The van der Waals surface area contributed by atoms with Gasteiger partial charge in [-0.3, -0.25) is 9.89 Å². The summed E-state index contributed by atoms with van der Waals surface area (Å²) < 4.78 is 11.0. The molecule has 27 heavy (non-hydrogen) atoms. The molecular formula is C21H36N4O2. The van der Waals surface area contributed by atoms with Gasteiger partial charge in [-0.1, -0.05) is 19.4 Å². The Labute approximate surface area is 164 Å². The van der Waals surface area contributed by atoms with Gasteiger partial charge in [-0.05, 0) is 50.4 Å². The first-order valence-electron chi connectivity index (χ1n) is 10.2. The summed E-state index contributed by atoms with van der Waals surface area (Å²) in [7, 11) is 3.48. The van der Waals surface area contributed by atoms with Gasteiger partial charge in [0.1, 0.15) is 0 Å². The number of hydrogen-bond acceptors (Lipinski definition) is 4. The van der Waals surface area contributed by atoms with Gasteiger partial charge in [0.15, 0.2) is 17.5 Å². The molecule has 1 atom stereocenters. The number of guanidine groups is 1. The van der Waals surface area contributed by atoms with Gasteiger partial charge >= 0.3 is 0 Å². The summed E-state index contributed by atoms with van der Waals surface area (Å²) in [4.78, 5) is 6.95. The zero-order chi connectivity index (χ0) is 19.5. The lowest BCUT2D eigenvalue weighted by Gasteiger charge is -2.35. The van der Waals surface area contributed by atoms with Crippen LogP contribution in [-0.2, 0) is 6.54 Å². The lowest BCUT2D eigenvalue weighted by molar-refractivity contribution is 0.147. The molecule has 152 valence electrons. The fourth-order valence-corrected chi connectivity index (χ4v) is 3.64. The molecule has 2 N–H and O–H groups in total. The molecule has 6 heteroatoms. The van der Waals surface area contributed by atoms with Crippen LogP contribution in [0.15, 0.2) is 23.2 Å². The quantitative estimate of drug-likeness (QED) is 0.512. The second-order valence-electron chi connectivity index (χ2n) is 6.86. The van der Waals surface area contributed by atoms with Gasteiger partial charge in [-0.2, -0.15) is 0 Å². The van der Waals surface area contributed by atoms with Crippen LogP contribution in [0.5, 0.6) is 11.5 Å². The van der Waals surface area contributed by atoms with Crippen molar-refractivity contribution < 1.29 is 9.47 Å². The van der Waals surface area contributed by atoms with Crippen LogP contribution in [-0.4, -0.2) is 57.3 Å². The monoisotopic (exact) mass is 376 g/mol. The molecule has 1 aliphatic heterocycles. The highest BCUT2D eigenvalue weighted by molar-refractivity contribution is 5.79. The van der Waals surface area contributed by atoms with Crippen molar-refractivity contribution in [3.63, 3.8) is 0 Å². The fraction of sp³-hybridized carbons (Fsp3) is 0.667. The summed E-state index contributed by atoms with van der Waals surface area (Å²) in [6.45, 7) is 8.76. The van der Waals surface area contributed by atoms with E-state index in [1.54, 1.807) is 7.11 Å². The second-order valence-corrected chi connectivity index (χ2v) is 6.86. The normalized spacial score (nSPS) is 18.2. The molecule has 0 aliphatic carbocycles. The summed E-state index contributed by atoms with van der Waals surface area (Å²) in [5.41, 5.74) is 1.13. The van der Waals surface area contributed by atoms with Gasteiger partial charge in [0.2, 0.25) is 0 Å². The molecule has 0 radical (unpaired) electrons. The smallest absolute Gasteiger partial charge is 0.191 e. The van der Waals surface area contributed by atoms with Crippen LogP contribution in [0.25, 0.3) is 0 Å². The topological polar surface area (TPSA) is 58.1 Å². The van der Waals surface area contributed by atoms with E-state index in [4.69, 9.17) is 9.47 Å². The van der Waals surface area contributed by atoms with Gasteiger partial charge in [-0.15, -0.1) is 0 Å². The third-order valence-corrected chi connectivity index (χ3v) is 5.12. The molecule has 2 rings (SSSR count). The molecule has 0 amide bonds. The fourth-order valence-electron chi connectivity index (χ4n) is 3.64. The minimum absolute atomic E-state index is 0.625. The number of nitrogens with zero attached hydrogens (tertiary/aromatic N) is 2. The van der Waals surface area contributed by atoms with E-state index in [2.05, 4.69) is 27.4 Å². The highest BCUT2D eigenvalue weighted by Crippen LogP contribution is 2.27. The van der Waals surface area contributed by atoms with Crippen molar-refractivity contribution in [3.05, 3.63) is 23.8 Å². The molecule has 1 aromatic rings. The van der Waals surface area contributed by atoms with Crippen LogP contribution < -0.4 is 20.1 Å². The molecule has 1 unspecified atom stereocenters. The first-order valence-corrected chi connectivity index (χ1v) is 10.2. The molecule has 1 fully saturated rings. The van der Waals surface area contributed by atoms with Crippen LogP contribution in [0, 0.1) is 0 Å². The number of rotatable bonds is 9. The highest BCUT2D eigenvalue weighted by atomic mass is 16.5. The van der Waals surface area contributed by atoms with Gasteiger partial charge in [0.25, 0.3) is 0 Å². The molecule has 0 spiro atoms. The van der Waals surface area contributed by atoms with Gasteiger partial charge in [0.05, 0.1) is 13.7 Å². The van der Waals surface area contributed by atoms with Gasteiger partial charge in [-0.25, -0.2) is 0 Å². The molecule has 1 heterocycles. The van der Waals surface area contributed by atoms with E-state index in [-0.39, 0.29) is 0 Å². The number of likely N-dealkylation sites (tertiary alicyclic amines) is 1. The summed E-state index contributed by atoms with van der Waals surface area (Å²) in [5.74, 6) is 2.36. The van der Waals surface area contributed by atoms with Crippen molar-refractivity contribution in [2.45, 2.75) is 52.1 Å². The molecule has 1 saturated heterocycles. The Morgan fingerprint density at radius 3 is 2.78 bits per heavy atom. The Morgan fingerprint density at radius 2 is 2.07 bits per heavy atom. The maximum Gasteiger partial charge on any atom is 0.191 e. The van der Waals surface area contributed by atoms with Crippen LogP contribution in [0.4, 0.5) is 0 Å². The van der Waals surface area contributed by atoms with Gasteiger partial charge in [0, 0.05) is 32.7 Å². The maximum atomic E-state index is 5.57. The minimum atomic E-state index is 0.625. The van der Waals surface area contributed by atoms with E-state index in [9.17, 15) is 0 Å². The number of nitrogens with one attached hydrogen (secondary N) is 2. The standard InChI is InChI=1S/C21H36N4O2/c1-5-18-9-7-8-13-25(18)14-12-23-21(22-3)24-16-17-10-11-19(27-6-2)20(15-17)26-4/h10-11,15,18H,5-9,12-14,16H2,1-4H3,(H2,22,23,24). The van der Waals surface area contributed by atoms with Crippen molar-refractivity contribution >= 4 is 5.96 Å². The van der Waals surface area contributed by atoms with Crippen LogP contribution in [0.3, 0.4) is 0 Å². The molecule has 6 nitrogen and oxygen atoms in total. The number of piperidine rings is 1. The number of hydrogen-bond donors (Lipinski definition) is 2. The van der Waals surface area contributed by atoms with E-state index in [0.29, 0.717) is 13.2 Å². The summed E-state index contributed by atoms with van der Waals surface area (Å²) >= 11 is 0. The molecular weight excluding hydrogens is 340 g/mol. The molecule has 0 aromatic heterocycles. The van der Waals surface area contributed by atoms with E-state index in [0.717, 1.165) is 42.2 Å². The first-order chi connectivity index (χ1) is 13.2. The van der Waals surface area contributed by atoms with Crippen molar-refractivity contribution in [1.29, 1.82) is 0 Å². The zero-order valence-corrected chi connectivity index (χ0v) is 17.4. The predicted molar refractivity (Wildman–Crippen MR) is 112 cm³/mol. The number of methoxy groups -OCH3 is 1. The zero-order valence-electron chi connectivity index (χ0n) is 17.4. The second kappa shape index (κ2) is 11.7.